The van der Waals surface area contributed by atoms with Crippen LogP contribution in [0, 0.1) is 12.8 Å². The zero-order valence-corrected chi connectivity index (χ0v) is 7.61. The van der Waals surface area contributed by atoms with Gasteiger partial charge in [-0.25, -0.2) is 4.68 Å². The summed E-state index contributed by atoms with van der Waals surface area (Å²) in [7, 11) is 0. The highest BCUT2D eigenvalue weighted by Crippen LogP contribution is 1.97. The molecule has 0 bridgehead atoms. The van der Waals surface area contributed by atoms with Crippen molar-refractivity contribution in [3.05, 3.63) is 11.9 Å². The molecule has 0 radical (unpaired) electrons. The molecular formula is C8H13N3O. The third-order valence-corrected chi connectivity index (χ3v) is 1.61. The second-order valence-corrected chi connectivity index (χ2v) is 3.18. The number of nitrogens with zero attached hydrogens (tertiary/aromatic N) is 3. The van der Waals surface area contributed by atoms with E-state index in [1.807, 2.05) is 20.8 Å². The lowest BCUT2D eigenvalue weighted by molar-refractivity contribution is -0.122. The predicted molar refractivity (Wildman–Crippen MR) is 44.6 cm³/mol. The normalized spacial score (nSPS) is 10.7. The van der Waals surface area contributed by atoms with E-state index in [0.29, 0.717) is 6.54 Å². The Hall–Kier alpha value is -1.19. The Morgan fingerprint density at radius 2 is 2.33 bits per heavy atom. The first-order valence-corrected chi connectivity index (χ1v) is 3.99. The summed E-state index contributed by atoms with van der Waals surface area (Å²) in [5.41, 5.74) is 0.839. The van der Waals surface area contributed by atoms with Crippen molar-refractivity contribution in [2.75, 3.05) is 0 Å². The molecule has 0 aliphatic carbocycles. The molecule has 1 aromatic rings. The van der Waals surface area contributed by atoms with Gasteiger partial charge in [-0.15, -0.1) is 5.10 Å². The number of aryl methyl sites for hydroxylation is 1. The van der Waals surface area contributed by atoms with Gasteiger partial charge in [-0.2, -0.15) is 0 Å². The van der Waals surface area contributed by atoms with Crippen LogP contribution in [0.25, 0.3) is 0 Å². The van der Waals surface area contributed by atoms with Crippen LogP contribution >= 0.6 is 0 Å². The average molecular weight is 167 g/mol. The van der Waals surface area contributed by atoms with Crippen LogP contribution in [-0.4, -0.2) is 20.8 Å². The van der Waals surface area contributed by atoms with Gasteiger partial charge in [0.1, 0.15) is 6.54 Å². The third-order valence-electron chi connectivity index (χ3n) is 1.61. The van der Waals surface area contributed by atoms with Gasteiger partial charge in [-0.3, -0.25) is 4.79 Å². The number of hydrogen-bond acceptors (Lipinski definition) is 3. The molecule has 0 saturated heterocycles. The van der Waals surface area contributed by atoms with Crippen molar-refractivity contribution < 1.29 is 4.79 Å². The SMILES string of the molecule is Cc1cn(CC(=O)C(C)C)nn1. The highest BCUT2D eigenvalue weighted by atomic mass is 16.1. The zero-order chi connectivity index (χ0) is 9.14. The molecule has 0 spiro atoms. The first-order chi connectivity index (χ1) is 5.59. The molecular weight excluding hydrogens is 154 g/mol. The van der Waals surface area contributed by atoms with Gasteiger partial charge in [0.2, 0.25) is 0 Å². The number of aromatic nitrogens is 3. The van der Waals surface area contributed by atoms with Crippen molar-refractivity contribution in [1.82, 2.24) is 15.0 Å². The fourth-order valence-corrected chi connectivity index (χ4v) is 0.815. The van der Waals surface area contributed by atoms with Gasteiger partial charge in [0.05, 0.1) is 5.69 Å². The summed E-state index contributed by atoms with van der Waals surface area (Å²) >= 11 is 0. The Kier molecular flexibility index (Phi) is 2.58. The number of carbonyl (C=O) groups is 1. The summed E-state index contributed by atoms with van der Waals surface area (Å²) in [6, 6.07) is 0. The summed E-state index contributed by atoms with van der Waals surface area (Å²) < 4.78 is 1.57. The van der Waals surface area contributed by atoms with E-state index in [1.165, 1.54) is 0 Å². The number of rotatable bonds is 3. The Morgan fingerprint density at radius 3 is 2.75 bits per heavy atom. The Balaban J connectivity index is 2.58. The van der Waals surface area contributed by atoms with Gasteiger partial charge < -0.3 is 0 Å². The highest BCUT2D eigenvalue weighted by Gasteiger charge is 2.08. The molecule has 0 amide bonds. The standard InChI is InChI=1S/C8H13N3O/c1-6(2)8(12)5-11-4-7(3)9-10-11/h4,6H,5H2,1-3H3. The largest absolute Gasteiger partial charge is 0.297 e. The number of hydrogen-bond donors (Lipinski definition) is 0. The molecule has 0 saturated carbocycles. The lowest BCUT2D eigenvalue weighted by Crippen LogP contribution is -2.15. The lowest BCUT2D eigenvalue weighted by atomic mass is 10.1. The van der Waals surface area contributed by atoms with Crippen molar-refractivity contribution in [2.24, 2.45) is 5.92 Å². The molecule has 1 aromatic heterocycles. The molecule has 0 aliphatic heterocycles. The van der Waals surface area contributed by atoms with Gasteiger partial charge in [0.25, 0.3) is 0 Å². The van der Waals surface area contributed by atoms with Crippen LogP contribution in [0.5, 0.6) is 0 Å². The monoisotopic (exact) mass is 167 g/mol. The smallest absolute Gasteiger partial charge is 0.156 e. The Labute approximate surface area is 71.6 Å². The maximum atomic E-state index is 11.2. The highest BCUT2D eigenvalue weighted by molar-refractivity contribution is 5.79. The molecule has 0 N–H and O–H groups in total. The average Bonchev–Trinajstić information content (AvgIpc) is 2.35. The van der Waals surface area contributed by atoms with E-state index in [2.05, 4.69) is 10.3 Å². The van der Waals surface area contributed by atoms with E-state index in [0.717, 1.165) is 5.69 Å². The third kappa shape index (κ3) is 2.15. The first-order valence-electron chi connectivity index (χ1n) is 3.99. The van der Waals surface area contributed by atoms with E-state index in [4.69, 9.17) is 0 Å². The lowest BCUT2D eigenvalue weighted by Gasteiger charge is -2.01. The van der Waals surface area contributed by atoms with Crippen molar-refractivity contribution in [2.45, 2.75) is 27.3 Å². The maximum absolute atomic E-state index is 11.2. The van der Waals surface area contributed by atoms with Crippen LogP contribution in [0.4, 0.5) is 0 Å². The fourth-order valence-electron chi connectivity index (χ4n) is 0.815. The summed E-state index contributed by atoms with van der Waals surface area (Å²) in [5, 5.41) is 7.57. The molecule has 1 heterocycles. The van der Waals surface area contributed by atoms with Crippen molar-refractivity contribution in [3.63, 3.8) is 0 Å². The molecule has 1 rings (SSSR count). The molecule has 66 valence electrons. The molecule has 0 aliphatic rings. The van der Waals surface area contributed by atoms with Crippen molar-refractivity contribution in [1.29, 1.82) is 0 Å². The van der Waals surface area contributed by atoms with Gasteiger partial charge in [0.15, 0.2) is 5.78 Å². The van der Waals surface area contributed by atoms with Gasteiger partial charge >= 0.3 is 0 Å². The zero-order valence-electron chi connectivity index (χ0n) is 7.61. The van der Waals surface area contributed by atoms with Gasteiger partial charge in [-0.05, 0) is 6.92 Å². The molecule has 0 fully saturated rings. The predicted octanol–water partition coefficient (Wildman–Crippen LogP) is 0.812. The van der Waals surface area contributed by atoms with Crippen molar-refractivity contribution >= 4 is 5.78 Å². The molecule has 4 heteroatoms. The number of Topliss-reactive ketones (excluding diaryl/α,β-unsaturated/α-hetero) is 1. The molecule has 0 aromatic carbocycles. The summed E-state index contributed by atoms with van der Waals surface area (Å²) in [4.78, 5) is 11.2. The number of carbonyl (C=O) groups excluding carboxylic acids is 1. The van der Waals surface area contributed by atoms with Crippen LogP contribution < -0.4 is 0 Å². The Morgan fingerprint density at radius 1 is 1.67 bits per heavy atom. The minimum Gasteiger partial charge on any atom is -0.297 e. The first kappa shape index (κ1) is 8.90. The fraction of sp³-hybridized carbons (Fsp3) is 0.625. The van der Waals surface area contributed by atoms with E-state index >= 15 is 0 Å². The van der Waals surface area contributed by atoms with E-state index in [1.54, 1.807) is 10.9 Å². The maximum Gasteiger partial charge on any atom is 0.156 e. The van der Waals surface area contributed by atoms with Crippen molar-refractivity contribution in [3.8, 4) is 0 Å². The second-order valence-electron chi connectivity index (χ2n) is 3.18. The van der Waals surface area contributed by atoms with E-state index in [-0.39, 0.29) is 11.7 Å². The topological polar surface area (TPSA) is 47.8 Å². The molecule has 0 unspecified atom stereocenters. The van der Waals surface area contributed by atoms with Crippen LogP contribution in [0.15, 0.2) is 6.20 Å². The van der Waals surface area contributed by atoms with Crippen LogP contribution in [0.1, 0.15) is 19.5 Å². The minimum atomic E-state index is 0.0644. The number of ketones is 1. The summed E-state index contributed by atoms with van der Waals surface area (Å²) in [5.74, 6) is 0.245. The second kappa shape index (κ2) is 3.47. The minimum absolute atomic E-state index is 0.0644. The van der Waals surface area contributed by atoms with E-state index < -0.39 is 0 Å². The molecule has 4 nitrogen and oxygen atoms in total. The van der Waals surface area contributed by atoms with E-state index in [9.17, 15) is 4.79 Å². The van der Waals surface area contributed by atoms with Crippen LogP contribution in [0.2, 0.25) is 0 Å². The Bertz CT molecular complexity index is 278. The quantitative estimate of drug-likeness (QED) is 0.669. The molecule has 0 atom stereocenters. The van der Waals surface area contributed by atoms with Gasteiger partial charge in [0, 0.05) is 12.1 Å². The summed E-state index contributed by atoms with van der Waals surface area (Å²) in [6.07, 6.45) is 1.76. The molecule has 12 heavy (non-hydrogen) atoms. The van der Waals surface area contributed by atoms with Gasteiger partial charge in [-0.1, -0.05) is 19.1 Å². The van der Waals surface area contributed by atoms with Crippen LogP contribution in [-0.2, 0) is 11.3 Å². The summed E-state index contributed by atoms with van der Waals surface area (Å²) in [6.45, 7) is 5.94. The van der Waals surface area contributed by atoms with Crippen LogP contribution in [0.3, 0.4) is 0 Å².